The number of nitrogens with one attached hydrogen (secondary N) is 3. The average molecular weight is 502 g/mol. The maximum atomic E-state index is 4.51. The summed E-state index contributed by atoms with van der Waals surface area (Å²) < 4.78 is 0.676. The quantitative estimate of drug-likeness (QED) is 0.349. The van der Waals surface area contributed by atoms with Gasteiger partial charge in [0.25, 0.3) is 0 Å². The first kappa shape index (κ1) is 19.8. The molecule has 1 saturated heterocycles. The summed E-state index contributed by atoms with van der Waals surface area (Å²) in [5.41, 5.74) is 2.20. The van der Waals surface area contributed by atoms with Gasteiger partial charge in [0, 0.05) is 65.5 Å². The van der Waals surface area contributed by atoms with Crippen LogP contribution in [-0.2, 0) is 0 Å². The number of nitrogens with zero attached hydrogens (tertiary/aromatic N) is 5. The van der Waals surface area contributed by atoms with Gasteiger partial charge in [-0.05, 0) is 56.3 Å². The van der Waals surface area contributed by atoms with Crippen molar-refractivity contribution in [3.8, 4) is 0 Å². The summed E-state index contributed by atoms with van der Waals surface area (Å²) in [6.45, 7) is 2.16. The minimum Gasteiger partial charge on any atom is -0.371 e. The zero-order valence-corrected chi connectivity index (χ0v) is 18.3. The van der Waals surface area contributed by atoms with Crippen molar-refractivity contribution in [2.45, 2.75) is 18.9 Å². The molecular weight excluding hydrogens is 479 g/mol. The Balaban J connectivity index is 1.39. The molecular formula is C20H23IN8. The van der Waals surface area contributed by atoms with Crippen LogP contribution in [-0.4, -0.2) is 46.1 Å². The molecule has 3 aromatic rings. The number of rotatable bonds is 6. The first-order valence-corrected chi connectivity index (χ1v) is 10.7. The van der Waals surface area contributed by atoms with E-state index in [1.165, 1.54) is 18.5 Å². The van der Waals surface area contributed by atoms with Crippen molar-refractivity contribution in [3.05, 3.63) is 52.6 Å². The highest BCUT2D eigenvalue weighted by Gasteiger charge is 2.17. The highest BCUT2D eigenvalue weighted by atomic mass is 127. The summed E-state index contributed by atoms with van der Waals surface area (Å²) in [5, 5.41) is 9.81. The number of halogens is 1. The fraction of sp³-hybridized carbons (Fsp3) is 0.300. The smallest absolute Gasteiger partial charge is 0.229 e. The molecule has 150 valence electrons. The molecule has 1 fully saturated rings. The lowest BCUT2D eigenvalue weighted by atomic mass is 10.0. The molecule has 0 atom stereocenters. The fourth-order valence-electron chi connectivity index (χ4n) is 3.34. The Morgan fingerprint density at radius 1 is 0.897 bits per heavy atom. The van der Waals surface area contributed by atoms with Crippen molar-refractivity contribution < 1.29 is 0 Å². The van der Waals surface area contributed by atoms with E-state index in [-0.39, 0.29) is 0 Å². The third-order valence-electron chi connectivity index (χ3n) is 4.93. The van der Waals surface area contributed by atoms with Crippen molar-refractivity contribution in [1.29, 1.82) is 0 Å². The normalized spacial score (nSPS) is 14.6. The van der Waals surface area contributed by atoms with Crippen LogP contribution >= 0.6 is 22.6 Å². The minimum atomic E-state index is 0.529. The summed E-state index contributed by atoms with van der Waals surface area (Å²) in [7, 11) is 2.04. The number of piperidine rings is 1. The maximum Gasteiger partial charge on any atom is 0.229 e. The Morgan fingerprint density at radius 2 is 1.59 bits per heavy atom. The van der Waals surface area contributed by atoms with Gasteiger partial charge in [0.2, 0.25) is 5.95 Å². The van der Waals surface area contributed by atoms with E-state index in [0.29, 0.717) is 27.5 Å². The van der Waals surface area contributed by atoms with E-state index in [1.54, 1.807) is 24.5 Å². The second-order valence-electron chi connectivity index (χ2n) is 6.82. The average Bonchev–Trinajstić information content (AvgIpc) is 2.75. The van der Waals surface area contributed by atoms with Crippen molar-refractivity contribution in [2.24, 2.45) is 0 Å². The standard InChI is InChI=1S/C20H23IN8/c1-22-14-8-12-29(13-9-14)16-4-2-15(3-5-16)25-20-24-11-7-18(28-20)26-17-6-10-23-19(21)27-17/h2-7,10-11,14,22H,8-9,12-13H2,1H3,(H2,23,24,25,26,27,28). The van der Waals surface area contributed by atoms with Crippen LogP contribution in [0.4, 0.5) is 29.0 Å². The first-order chi connectivity index (χ1) is 14.2. The first-order valence-electron chi connectivity index (χ1n) is 9.57. The third kappa shape index (κ3) is 5.30. The van der Waals surface area contributed by atoms with Crippen LogP contribution in [0, 0.1) is 3.83 Å². The fourth-order valence-corrected chi connectivity index (χ4v) is 3.76. The van der Waals surface area contributed by atoms with E-state index in [1.807, 2.05) is 7.05 Å². The predicted octanol–water partition coefficient (Wildman–Crippen LogP) is 3.55. The van der Waals surface area contributed by atoms with Gasteiger partial charge in [-0.3, -0.25) is 0 Å². The van der Waals surface area contributed by atoms with Crippen molar-refractivity contribution in [1.82, 2.24) is 25.3 Å². The van der Waals surface area contributed by atoms with Gasteiger partial charge in [-0.2, -0.15) is 4.98 Å². The molecule has 8 nitrogen and oxygen atoms in total. The molecule has 1 aliphatic heterocycles. The molecule has 9 heteroatoms. The van der Waals surface area contributed by atoms with Crippen LogP contribution in [0.5, 0.6) is 0 Å². The lowest BCUT2D eigenvalue weighted by molar-refractivity contribution is 0.442. The number of anilines is 5. The van der Waals surface area contributed by atoms with Gasteiger partial charge in [0.05, 0.1) is 0 Å². The predicted molar refractivity (Wildman–Crippen MR) is 124 cm³/mol. The molecule has 0 bridgehead atoms. The SMILES string of the molecule is CNC1CCN(c2ccc(Nc3nccc(Nc4ccnc(I)n4)n3)cc2)CC1. The van der Waals surface area contributed by atoms with E-state index in [0.717, 1.165) is 18.8 Å². The molecule has 1 aliphatic rings. The molecule has 3 heterocycles. The van der Waals surface area contributed by atoms with Gasteiger partial charge in [0.1, 0.15) is 11.6 Å². The summed E-state index contributed by atoms with van der Waals surface area (Å²) in [4.78, 5) is 19.7. The molecule has 0 unspecified atom stereocenters. The summed E-state index contributed by atoms with van der Waals surface area (Å²) in [5.74, 6) is 1.89. The molecule has 0 spiro atoms. The van der Waals surface area contributed by atoms with Crippen LogP contribution in [0.2, 0.25) is 0 Å². The van der Waals surface area contributed by atoms with E-state index >= 15 is 0 Å². The van der Waals surface area contributed by atoms with Crippen LogP contribution < -0.4 is 20.9 Å². The Labute approximate surface area is 183 Å². The van der Waals surface area contributed by atoms with Gasteiger partial charge >= 0.3 is 0 Å². The molecule has 0 amide bonds. The Morgan fingerprint density at radius 3 is 2.28 bits per heavy atom. The second-order valence-corrected chi connectivity index (χ2v) is 7.79. The van der Waals surface area contributed by atoms with Crippen LogP contribution in [0.15, 0.2) is 48.8 Å². The molecule has 0 radical (unpaired) electrons. The lowest BCUT2D eigenvalue weighted by Crippen LogP contribution is -2.41. The molecule has 0 aliphatic carbocycles. The van der Waals surface area contributed by atoms with Crippen molar-refractivity contribution >= 4 is 51.5 Å². The van der Waals surface area contributed by atoms with Crippen molar-refractivity contribution in [3.63, 3.8) is 0 Å². The topological polar surface area (TPSA) is 90.9 Å². The molecule has 0 saturated carbocycles. The summed E-state index contributed by atoms with van der Waals surface area (Å²) >= 11 is 2.08. The molecule has 29 heavy (non-hydrogen) atoms. The maximum absolute atomic E-state index is 4.51. The monoisotopic (exact) mass is 502 g/mol. The second kappa shape index (κ2) is 9.31. The number of hydrogen-bond donors (Lipinski definition) is 3. The molecule has 2 aromatic heterocycles. The Hall–Kier alpha value is -2.53. The largest absolute Gasteiger partial charge is 0.371 e. The van der Waals surface area contributed by atoms with Gasteiger partial charge in [0.15, 0.2) is 3.83 Å². The molecule has 4 rings (SSSR count). The van der Waals surface area contributed by atoms with Crippen LogP contribution in [0.25, 0.3) is 0 Å². The highest BCUT2D eigenvalue weighted by Crippen LogP contribution is 2.23. The third-order valence-corrected chi connectivity index (χ3v) is 5.45. The zero-order valence-electron chi connectivity index (χ0n) is 16.1. The van der Waals surface area contributed by atoms with Crippen molar-refractivity contribution in [2.75, 3.05) is 35.7 Å². The van der Waals surface area contributed by atoms with E-state index in [9.17, 15) is 0 Å². The summed E-state index contributed by atoms with van der Waals surface area (Å²) in [6, 6.07) is 12.7. The van der Waals surface area contributed by atoms with Gasteiger partial charge < -0.3 is 20.9 Å². The molecule has 3 N–H and O–H groups in total. The Bertz CT molecular complexity index is 941. The zero-order chi connectivity index (χ0) is 20.1. The van der Waals surface area contributed by atoms with Crippen LogP contribution in [0.1, 0.15) is 12.8 Å². The number of aromatic nitrogens is 4. The highest BCUT2D eigenvalue weighted by molar-refractivity contribution is 14.1. The van der Waals surface area contributed by atoms with E-state index < -0.39 is 0 Å². The number of hydrogen-bond acceptors (Lipinski definition) is 8. The Kier molecular flexibility index (Phi) is 6.35. The minimum absolute atomic E-state index is 0.529. The van der Waals surface area contributed by atoms with Gasteiger partial charge in [-0.1, -0.05) is 0 Å². The van der Waals surface area contributed by atoms with E-state index in [4.69, 9.17) is 0 Å². The van der Waals surface area contributed by atoms with Gasteiger partial charge in [-0.25, -0.2) is 15.0 Å². The lowest BCUT2D eigenvalue weighted by Gasteiger charge is -2.33. The van der Waals surface area contributed by atoms with Crippen LogP contribution in [0.3, 0.4) is 0 Å². The molecule has 1 aromatic carbocycles. The summed E-state index contributed by atoms with van der Waals surface area (Å²) in [6.07, 6.45) is 5.77. The number of benzene rings is 1. The van der Waals surface area contributed by atoms with Gasteiger partial charge in [-0.15, -0.1) is 0 Å². The van der Waals surface area contributed by atoms with E-state index in [2.05, 4.69) is 87.6 Å².